The van der Waals surface area contributed by atoms with Gasteiger partial charge in [-0.15, -0.1) is 0 Å². The van der Waals surface area contributed by atoms with Crippen LogP contribution >= 0.6 is 0 Å². The maximum absolute atomic E-state index is 12.2. The number of carbonyl (C=O) groups is 1. The second-order valence-electron chi connectivity index (χ2n) is 5.64. The van der Waals surface area contributed by atoms with Crippen molar-refractivity contribution in [1.82, 2.24) is 0 Å². The summed E-state index contributed by atoms with van der Waals surface area (Å²) in [5, 5.41) is 0. The summed E-state index contributed by atoms with van der Waals surface area (Å²) in [7, 11) is 0. The quantitative estimate of drug-likeness (QED) is 0.838. The number of ketones is 1. The number of hydrogen-bond donors (Lipinski definition) is 0. The van der Waals surface area contributed by atoms with Gasteiger partial charge in [-0.25, -0.2) is 0 Å². The summed E-state index contributed by atoms with van der Waals surface area (Å²) >= 11 is 0. The van der Waals surface area contributed by atoms with Gasteiger partial charge in [0, 0.05) is 30.8 Å². The number of carbonyl (C=O) groups excluding carboxylic acids is 1. The van der Waals surface area contributed by atoms with Gasteiger partial charge in [-0.1, -0.05) is 43.3 Å². The van der Waals surface area contributed by atoms with Crippen molar-refractivity contribution in [3.63, 3.8) is 0 Å². The molecule has 2 nitrogen and oxygen atoms in total. The summed E-state index contributed by atoms with van der Waals surface area (Å²) in [5.41, 5.74) is 4.63. The van der Waals surface area contributed by atoms with Crippen LogP contribution in [0.15, 0.2) is 48.5 Å². The lowest BCUT2D eigenvalue weighted by Gasteiger charge is -2.24. The molecule has 0 amide bonds. The minimum absolute atomic E-state index is 0.273. The minimum atomic E-state index is 0.273. The van der Waals surface area contributed by atoms with E-state index < -0.39 is 0 Å². The maximum Gasteiger partial charge on any atom is 0.165 e. The highest BCUT2D eigenvalue weighted by Gasteiger charge is 2.20. The molecule has 108 valence electrons. The van der Waals surface area contributed by atoms with Gasteiger partial charge >= 0.3 is 0 Å². The van der Waals surface area contributed by atoms with E-state index in [0.29, 0.717) is 6.42 Å². The number of Topliss-reactive ketones (excluding diaryl/α,β-unsaturated/α-hetero) is 1. The molecule has 0 saturated carbocycles. The van der Waals surface area contributed by atoms with E-state index in [-0.39, 0.29) is 5.78 Å². The zero-order valence-corrected chi connectivity index (χ0v) is 12.5. The summed E-state index contributed by atoms with van der Waals surface area (Å²) in [4.78, 5) is 14.5. The van der Waals surface area contributed by atoms with Crippen LogP contribution in [0.3, 0.4) is 0 Å². The molecule has 2 aromatic carbocycles. The van der Waals surface area contributed by atoms with Gasteiger partial charge in [0.2, 0.25) is 0 Å². The molecule has 0 saturated heterocycles. The van der Waals surface area contributed by atoms with E-state index in [1.165, 1.54) is 11.1 Å². The first-order chi connectivity index (χ1) is 10.3. The molecule has 0 atom stereocenters. The molecule has 0 fully saturated rings. The second kappa shape index (κ2) is 6.13. The monoisotopic (exact) mass is 279 g/mol. The van der Waals surface area contributed by atoms with Crippen molar-refractivity contribution in [1.29, 1.82) is 0 Å². The van der Waals surface area contributed by atoms with Crippen molar-refractivity contribution < 1.29 is 4.79 Å². The lowest BCUT2D eigenvalue weighted by molar-refractivity contribution is 0.0984. The van der Waals surface area contributed by atoms with Gasteiger partial charge in [-0.3, -0.25) is 4.79 Å². The molecule has 0 radical (unpaired) electrons. The van der Waals surface area contributed by atoms with E-state index in [9.17, 15) is 4.79 Å². The van der Waals surface area contributed by atoms with E-state index >= 15 is 0 Å². The number of aryl methyl sites for hydroxylation is 1. The average molecular weight is 279 g/mol. The van der Waals surface area contributed by atoms with Crippen molar-refractivity contribution >= 4 is 11.5 Å². The first kappa shape index (κ1) is 13.9. The molecule has 1 aliphatic heterocycles. The summed E-state index contributed by atoms with van der Waals surface area (Å²) in [6.07, 6.45) is 2.66. The largest absolute Gasteiger partial charge is 0.367 e. The molecule has 1 aliphatic rings. The highest BCUT2D eigenvalue weighted by molar-refractivity contribution is 6.01. The van der Waals surface area contributed by atoms with Crippen LogP contribution in [0.2, 0.25) is 0 Å². The molecule has 0 unspecified atom stereocenters. The zero-order chi connectivity index (χ0) is 14.7. The fraction of sp³-hybridized carbons (Fsp3) is 0.316. The van der Waals surface area contributed by atoms with E-state index in [1.807, 2.05) is 18.2 Å². The van der Waals surface area contributed by atoms with Crippen LogP contribution in [0.1, 0.15) is 41.3 Å². The van der Waals surface area contributed by atoms with Crippen LogP contribution in [0.4, 0.5) is 5.69 Å². The van der Waals surface area contributed by atoms with Crippen LogP contribution in [0.5, 0.6) is 0 Å². The Bertz CT molecular complexity index is 630. The fourth-order valence-electron chi connectivity index (χ4n) is 2.94. The summed E-state index contributed by atoms with van der Waals surface area (Å²) in [6.45, 7) is 3.98. The average Bonchev–Trinajstić information content (AvgIpc) is 2.69. The normalized spacial score (nSPS) is 14.7. The Balaban J connectivity index is 1.87. The molecule has 0 spiro atoms. The number of hydrogen-bond acceptors (Lipinski definition) is 2. The molecule has 0 bridgehead atoms. The van der Waals surface area contributed by atoms with Crippen LogP contribution in [0, 0.1) is 0 Å². The number of nitrogens with zero attached hydrogens (tertiary/aromatic N) is 1. The van der Waals surface area contributed by atoms with Crippen LogP contribution < -0.4 is 4.90 Å². The third kappa shape index (κ3) is 2.99. The van der Waals surface area contributed by atoms with Crippen molar-refractivity contribution in [2.45, 2.75) is 32.7 Å². The predicted molar refractivity (Wildman–Crippen MR) is 86.9 cm³/mol. The molecule has 2 heteroatoms. The maximum atomic E-state index is 12.2. The lowest BCUT2D eigenvalue weighted by Crippen LogP contribution is -2.23. The van der Waals surface area contributed by atoms with E-state index in [2.05, 4.69) is 42.2 Å². The van der Waals surface area contributed by atoms with E-state index in [4.69, 9.17) is 0 Å². The van der Waals surface area contributed by atoms with Crippen LogP contribution in [0.25, 0.3) is 0 Å². The molecule has 21 heavy (non-hydrogen) atoms. The van der Waals surface area contributed by atoms with Gasteiger partial charge in [0.1, 0.15) is 0 Å². The highest BCUT2D eigenvalue weighted by Crippen LogP contribution is 2.27. The summed E-state index contributed by atoms with van der Waals surface area (Å²) in [6, 6.07) is 16.8. The summed E-state index contributed by atoms with van der Waals surface area (Å²) in [5.74, 6) is 0.273. The number of benzene rings is 2. The third-order valence-corrected chi connectivity index (χ3v) is 4.18. The molecule has 3 rings (SSSR count). The molecule has 2 aromatic rings. The van der Waals surface area contributed by atoms with Gasteiger partial charge in [0.25, 0.3) is 0 Å². The Labute approximate surface area is 126 Å². The molecule has 0 N–H and O–H groups in total. The van der Waals surface area contributed by atoms with Crippen molar-refractivity contribution in [2.75, 3.05) is 11.4 Å². The third-order valence-electron chi connectivity index (χ3n) is 4.18. The van der Waals surface area contributed by atoms with Crippen molar-refractivity contribution in [3.8, 4) is 0 Å². The van der Waals surface area contributed by atoms with Gasteiger partial charge in [0.15, 0.2) is 5.78 Å². The van der Waals surface area contributed by atoms with Crippen LogP contribution in [-0.4, -0.2) is 12.3 Å². The highest BCUT2D eigenvalue weighted by atomic mass is 16.1. The van der Waals surface area contributed by atoms with Crippen LogP contribution in [-0.2, 0) is 13.0 Å². The minimum Gasteiger partial charge on any atom is -0.367 e. The zero-order valence-electron chi connectivity index (χ0n) is 12.5. The van der Waals surface area contributed by atoms with Gasteiger partial charge in [0.05, 0.1) is 0 Å². The molecular formula is C19H21NO. The molecular weight excluding hydrogens is 258 g/mol. The predicted octanol–water partition coefficient (Wildman–Crippen LogP) is 4.23. The molecule has 0 aliphatic carbocycles. The Morgan fingerprint density at radius 1 is 1.00 bits per heavy atom. The number of para-hydroxylation sites is 1. The Morgan fingerprint density at radius 3 is 2.48 bits per heavy atom. The van der Waals surface area contributed by atoms with Gasteiger partial charge in [-0.05, 0) is 36.1 Å². The van der Waals surface area contributed by atoms with E-state index in [1.54, 1.807) is 0 Å². The number of fused-ring (bicyclic) bond motifs is 1. The second-order valence-corrected chi connectivity index (χ2v) is 5.64. The van der Waals surface area contributed by atoms with Gasteiger partial charge < -0.3 is 4.90 Å². The Hall–Kier alpha value is -2.09. The first-order valence-electron chi connectivity index (χ1n) is 7.73. The lowest BCUT2D eigenvalue weighted by atomic mass is 10.1. The Morgan fingerprint density at radius 2 is 1.71 bits per heavy atom. The standard InChI is InChI=1S/C19H21NO/c1-2-15-9-11-16(12-10-15)14-20-13-5-8-19(21)17-6-3-4-7-18(17)20/h3-4,6-7,9-12H,2,5,8,13-14H2,1H3. The first-order valence-corrected chi connectivity index (χ1v) is 7.73. The van der Waals surface area contributed by atoms with Gasteiger partial charge in [-0.2, -0.15) is 0 Å². The van der Waals surface area contributed by atoms with Crippen molar-refractivity contribution in [2.24, 2.45) is 0 Å². The molecule has 0 aromatic heterocycles. The Kier molecular flexibility index (Phi) is 4.05. The number of anilines is 1. The molecule has 1 heterocycles. The van der Waals surface area contributed by atoms with Crippen molar-refractivity contribution in [3.05, 3.63) is 65.2 Å². The smallest absolute Gasteiger partial charge is 0.165 e. The topological polar surface area (TPSA) is 20.3 Å². The number of rotatable bonds is 3. The summed E-state index contributed by atoms with van der Waals surface area (Å²) < 4.78 is 0. The fourth-order valence-corrected chi connectivity index (χ4v) is 2.94. The van der Waals surface area contributed by atoms with E-state index in [0.717, 1.165) is 37.2 Å². The SMILES string of the molecule is CCc1ccc(CN2CCCC(=O)c3ccccc32)cc1.